The third-order valence-corrected chi connectivity index (χ3v) is 4.40. The van der Waals surface area contributed by atoms with Gasteiger partial charge in [-0.2, -0.15) is 0 Å². The molecule has 0 aromatic carbocycles. The summed E-state index contributed by atoms with van der Waals surface area (Å²) in [5, 5.41) is 20.8. The maximum Gasteiger partial charge on any atom is 0.243 e. The SMILES string of the molecule is Br.C[n+]1ccn(CCCN)c1.C[n+]1ccn(CCCNCCCO)c1.OCCCBr.[Br-].[HH]. The molecular formula is C20H44Br3N6O2+. The molecule has 2 aromatic rings. The highest BCUT2D eigenvalue weighted by molar-refractivity contribution is 9.09. The quantitative estimate of drug-likeness (QED) is 0.122. The van der Waals surface area contributed by atoms with Crippen LogP contribution in [0.1, 0.15) is 27.1 Å². The molecule has 0 spiro atoms. The van der Waals surface area contributed by atoms with Gasteiger partial charge in [0, 0.05) is 20.0 Å². The van der Waals surface area contributed by atoms with Gasteiger partial charge in [0.25, 0.3) is 0 Å². The second kappa shape index (κ2) is 26.0. The number of halogens is 3. The van der Waals surface area contributed by atoms with Crippen LogP contribution in [0, 0.1) is 0 Å². The maximum atomic E-state index is 8.56. The van der Waals surface area contributed by atoms with Gasteiger partial charge in [-0.1, -0.05) is 15.9 Å². The van der Waals surface area contributed by atoms with Gasteiger partial charge in [0.2, 0.25) is 12.7 Å². The average Bonchev–Trinajstić information content (AvgIpc) is 3.32. The Kier molecular flexibility index (Phi) is 29.6. The molecular weight excluding hydrogens is 596 g/mol. The van der Waals surface area contributed by atoms with Crippen LogP contribution in [-0.4, -0.2) is 57.5 Å². The topological polar surface area (TPSA) is 96.1 Å². The Bertz CT molecular complexity index is 603. The number of aliphatic hydroxyl groups is 2. The van der Waals surface area contributed by atoms with Crippen LogP contribution in [0.25, 0.3) is 0 Å². The van der Waals surface area contributed by atoms with Crippen molar-refractivity contribution < 1.29 is 37.8 Å². The van der Waals surface area contributed by atoms with Crippen LogP contribution in [-0.2, 0) is 27.2 Å². The fraction of sp³-hybridized carbons (Fsp3) is 0.700. The second-order valence-electron chi connectivity index (χ2n) is 6.72. The van der Waals surface area contributed by atoms with Crippen LogP contribution < -0.4 is 37.2 Å². The monoisotopic (exact) mass is 637 g/mol. The Hall–Kier alpha value is -0.300. The number of aromatic nitrogens is 4. The van der Waals surface area contributed by atoms with Gasteiger partial charge in [0.05, 0.1) is 27.2 Å². The van der Waals surface area contributed by atoms with Crippen molar-refractivity contribution in [3.63, 3.8) is 0 Å². The van der Waals surface area contributed by atoms with Crippen molar-refractivity contribution in [3.05, 3.63) is 37.4 Å². The van der Waals surface area contributed by atoms with Crippen LogP contribution in [0.3, 0.4) is 0 Å². The van der Waals surface area contributed by atoms with Crippen molar-refractivity contribution in [2.45, 2.75) is 38.8 Å². The van der Waals surface area contributed by atoms with E-state index in [1.165, 1.54) is 0 Å². The molecule has 2 aromatic heterocycles. The number of aliphatic hydroxyl groups excluding tert-OH is 2. The second-order valence-corrected chi connectivity index (χ2v) is 7.52. The van der Waals surface area contributed by atoms with Crippen molar-refractivity contribution >= 4 is 32.9 Å². The van der Waals surface area contributed by atoms with E-state index in [1.54, 1.807) is 0 Å². The molecule has 0 saturated carbocycles. The van der Waals surface area contributed by atoms with Crippen molar-refractivity contribution in [3.8, 4) is 0 Å². The van der Waals surface area contributed by atoms with E-state index < -0.39 is 0 Å². The predicted octanol–water partition coefficient (Wildman–Crippen LogP) is -2.07. The zero-order chi connectivity index (χ0) is 21.7. The largest absolute Gasteiger partial charge is 1.00 e. The summed E-state index contributed by atoms with van der Waals surface area (Å²) in [7, 11) is 4.04. The number of aryl methyl sites for hydroxylation is 4. The molecule has 0 saturated heterocycles. The number of nitrogens with zero attached hydrogens (tertiary/aromatic N) is 4. The molecule has 186 valence electrons. The number of nitrogens with two attached hydrogens (primary N) is 1. The number of nitrogens with one attached hydrogen (secondary N) is 1. The summed E-state index contributed by atoms with van der Waals surface area (Å²) in [6.07, 6.45) is 16.2. The zero-order valence-electron chi connectivity index (χ0n) is 18.9. The molecule has 2 rings (SSSR count). The van der Waals surface area contributed by atoms with Crippen LogP contribution in [0.4, 0.5) is 0 Å². The van der Waals surface area contributed by atoms with Gasteiger partial charge < -0.3 is 38.2 Å². The fourth-order valence-electron chi connectivity index (χ4n) is 2.32. The zero-order valence-corrected chi connectivity index (χ0v) is 23.8. The highest BCUT2D eigenvalue weighted by atomic mass is 79.9. The Morgan fingerprint density at radius 2 is 1.39 bits per heavy atom. The van der Waals surface area contributed by atoms with Crippen molar-refractivity contribution in [1.82, 2.24) is 14.5 Å². The Balaban J connectivity index is -0.000000193. The molecule has 0 bridgehead atoms. The fourth-order valence-corrected chi connectivity index (χ4v) is 2.57. The van der Waals surface area contributed by atoms with E-state index in [1.807, 2.05) is 35.6 Å². The summed E-state index contributed by atoms with van der Waals surface area (Å²) in [5.74, 6) is 0. The van der Waals surface area contributed by atoms with E-state index in [2.05, 4.69) is 55.4 Å². The van der Waals surface area contributed by atoms with Gasteiger partial charge in [-0.05, 0) is 45.3 Å². The van der Waals surface area contributed by atoms with Crippen molar-refractivity contribution in [2.75, 3.05) is 38.2 Å². The highest BCUT2D eigenvalue weighted by Crippen LogP contribution is 1.88. The number of rotatable bonds is 12. The molecule has 11 heteroatoms. The van der Waals surface area contributed by atoms with Gasteiger partial charge in [-0.3, -0.25) is 0 Å². The predicted molar refractivity (Wildman–Crippen MR) is 132 cm³/mol. The first kappa shape index (κ1) is 35.3. The van der Waals surface area contributed by atoms with Gasteiger partial charge in [-0.15, -0.1) is 17.0 Å². The minimum Gasteiger partial charge on any atom is -1.00 e. The Morgan fingerprint density at radius 3 is 1.74 bits per heavy atom. The van der Waals surface area contributed by atoms with Gasteiger partial charge in [0.1, 0.15) is 24.8 Å². The summed E-state index contributed by atoms with van der Waals surface area (Å²) < 4.78 is 8.37. The number of alkyl halides is 1. The summed E-state index contributed by atoms with van der Waals surface area (Å²) in [6.45, 7) is 5.34. The van der Waals surface area contributed by atoms with Gasteiger partial charge in [0.15, 0.2) is 0 Å². The molecule has 2 heterocycles. The highest BCUT2D eigenvalue weighted by Gasteiger charge is 1.98. The molecule has 8 nitrogen and oxygen atoms in total. The molecule has 0 radical (unpaired) electrons. The van der Waals surface area contributed by atoms with E-state index in [9.17, 15) is 0 Å². The molecule has 0 aliphatic rings. The molecule has 0 amide bonds. The molecule has 0 aliphatic carbocycles. The lowest BCUT2D eigenvalue weighted by molar-refractivity contribution is -0.671. The van der Waals surface area contributed by atoms with Crippen molar-refractivity contribution in [1.29, 1.82) is 0 Å². The number of hydrogen-bond acceptors (Lipinski definition) is 4. The number of imidazole rings is 2. The van der Waals surface area contributed by atoms with Crippen LogP contribution in [0.5, 0.6) is 0 Å². The molecule has 0 fully saturated rings. The lowest BCUT2D eigenvalue weighted by atomic mass is 10.4. The normalized spacial score (nSPS) is 9.48. The molecule has 31 heavy (non-hydrogen) atoms. The Morgan fingerprint density at radius 1 is 0.903 bits per heavy atom. The molecule has 5 N–H and O–H groups in total. The minimum atomic E-state index is 0. The van der Waals surface area contributed by atoms with E-state index in [0.717, 1.165) is 63.7 Å². The van der Waals surface area contributed by atoms with Crippen LogP contribution >= 0.6 is 32.9 Å². The van der Waals surface area contributed by atoms with E-state index >= 15 is 0 Å². The molecule has 0 aliphatic heterocycles. The van der Waals surface area contributed by atoms with Gasteiger partial charge >= 0.3 is 0 Å². The van der Waals surface area contributed by atoms with Crippen LogP contribution in [0.2, 0.25) is 0 Å². The summed E-state index contributed by atoms with van der Waals surface area (Å²) in [4.78, 5) is 0. The molecule has 0 unspecified atom stereocenters. The lowest BCUT2D eigenvalue weighted by Crippen LogP contribution is -3.00. The first-order valence-electron chi connectivity index (χ1n) is 10.3. The summed E-state index contributed by atoms with van der Waals surface area (Å²) >= 11 is 3.15. The van der Waals surface area contributed by atoms with E-state index in [4.69, 9.17) is 15.9 Å². The third kappa shape index (κ3) is 22.7. The lowest BCUT2D eigenvalue weighted by Gasteiger charge is -2.01. The van der Waals surface area contributed by atoms with E-state index in [-0.39, 0.29) is 42.0 Å². The minimum absolute atomic E-state index is 0. The third-order valence-electron chi connectivity index (χ3n) is 3.84. The standard InChI is InChI=1S/C10H20N3O.C7H14N3.C3H7BrO.2BrH.H2/c1-12-7-8-13(10-12)6-2-4-11-5-3-9-14;1-9-5-6-10(7-9)4-2-3-8;4-2-1-3-5;;;/h7-8,10-11,14H,2-6,9H2,1H3;5-7H,2-4,8H2,1H3;5H,1-3H2;3*1H/q2*+1;;;;/p-1. The molecule has 0 atom stereocenters. The van der Waals surface area contributed by atoms with Crippen molar-refractivity contribution in [2.24, 2.45) is 19.8 Å². The average molecular weight is 640 g/mol. The summed E-state index contributed by atoms with van der Waals surface area (Å²) in [6, 6.07) is 0. The first-order chi connectivity index (χ1) is 14.1. The smallest absolute Gasteiger partial charge is 0.243 e. The number of hydrogen-bond donors (Lipinski definition) is 4. The van der Waals surface area contributed by atoms with Crippen LogP contribution in [0.15, 0.2) is 37.4 Å². The van der Waals surface area contributed by atoms with Gasteiger partial charge in [-0.25, -0.2) is 18.3 Å². The Labute approximate surface area is 218 Å². The summed E-state index contributed by atoms with van der Waals surface area (Å²) in [5.41, 5.74) is 5.36. The first-order valence-corrected chi connectivity index (χ1v) is 11.4. The maximum absolute atomic E-state index is 8.56. The van der Waals surface area contributed by atoms with E-state index in [0.29, 0.717) is 6.61 Å².